The molecule has 1 rings (SSSR count). The molecule has 1 aromatic heterocycles. The number of nitrogens with one attached hydrogen (secondary N) is 1. The number of thioether (sulfide) groups is 1. The molecule has 0 atom stereocenters. The number of aliphatic imine (C=N–C) groups is 1. The minimum Gasteiger partial charge on any atom is -0.355 e. The zero-order valence-corrected chi connectivity index (χ0v) is 13.7. The summed E-state index contributed by atoms with van der Waals surface area (Å²) in [6.45, 7) is 6.21. The van der Waals surface area contributed by atoms with Crippen LogP contribution in [0.4, 0.5) is 0 Å². The third-order valence-electron chi connectivity index (χ3n) is 3.25. The lowest BCUT2D eigenvalue weighted by atomic mass is 10.2. The van der Waals surface area contributed by atoms with E-state index in [4.69, 9.17) is 0 Å². The molecule has 0 unspecified atom stereocenters. The maximum Gasteiger partial charge on any atom is 0.193 e. The van der Waals surface area contributed by atoms with Crippen LogP contribution in [-0.2, 0) is 13.6 Å². The Morgan fingerprint density at radius 3 is 2.68 bits per heavy atom. The molecule has 19 heavy (non-hydrogen) atoms. The van der Waals surface area contributed by atoms with Crippen LogP contribution in [0.25, 0.3) is 0 Å². The molecule has 5 heteroatoms. The van der Waals surface area contributed by atoms with Gasteiger partial charge in [0.2, 0.25) is 0 Å². The number of rotatable bonds is 5. The van der Waals surface area contributed by atoms with Crippen molar-refractivity contribution in [2.75, 3.05) is 26.9 Å². The standard InChI is InChI=1S/C14H26N4S/c1-14(2,19-6)11-16-13(15-3)18(5)10-12-8-7-9-17(12)4/h7-9H,10-11H2,1-6H3,(H,15,16). The Bertz CT molecular complexity index is 423. The van der Waals surface area contributed by atoms with E-state index in [0.29, 0.717) is 0 Å². The van der Waals surface area contributed by atoms with Crippen LogP contribution < -0.4 is 5.32 Å². The van der Waals surface area contributed by atoms with Gasteiger partial charge in [-0.25, -0.2) is 0 Å². The van der Waals surface area contributed by atoms with Gasteiger partial charge in [-0.05, 0) is 32.2 Å². The summed E-state index contributed by atoms with van der Waals surface area (Å²) in [7, 11) is 5.96. The first-order chi connectivity index (χ1) is 8.89. The summed E-state index contributed by atoms with van der Waals surface area (Å²) in [4.78, 5) is 6.49. The average molecular weight is 282 g/mol. The molecule has 0 spiro atoms. The van der Waals surface area contributed by atoms with Gasteiger partial charge in [-0.1, -0.05) is 0 Å². The van der Waals surface area contributed by atoms with Crippen molar-refractivity contribution >= 4 is 17.7 Å². The lowest BCUT2D eigenvalue weighted by Crippen LogP contribution is -2.44. The van der Waals surface area contributed by atoms with Crippen LogP contribution in [0, 0.1) is 0 Å². The second-order valence-electron chi connectivity index (χ2n) is 5.33. The zero-order chi connectivity index (χ0) is 14.5. The van der Waals surface area contributed by atoms with Gasteiger partial charge in [0.25, 0.3) is 0 Å². The van der Waals surface area contributed by atoms with Crippen LogP contribution in [0.15, 0.2) is 23.3 Å². The highest BCUT2D eigenvalue weighted by Crippen LogP contribution is 2.19. The van der Waals surface area contributed by atoms with Gasteiger partial charge in [-0.3, -0.25) is 4.99 Å². The normalized spacial score (nSPS) is 12.6. The van der Waals surface area contributed by atoms with Crippen molar-refractivity contribution < 1.29 is 0 Å². The molecule has 0 fully saturated rings. The summed E-state index contributed by atoms with van der Waals surface area (Å²) in [5.41, 5.74) is 1.27. The predicted molar refractivity (Wildman–Crippen MR) is 85.8 cm³/mol. The van der Waals surface area contributed by atoms with Gasteiger partial charge in [0.05, 0.1) is 6.54 Å². The van der Waals surface area contributed by atoms with Gasteiger partial charge >= 0.3 is 0 Å². The number of aryl methyl sites for hydroxylation is 1. The van der Waals surface area contributed by atoms with Crippen LogP contribution in [0.5, 0.6) is 0 Å². The fraction of sp³-hybridized carbons (Fsp3) is 0.643. The summed E-state index contributed by atoms with van der Waals surface area (Å²) in [6.07, 6.45) is 4.20. The number of nitrogens with zero attached hydrogens (tertiary/aromatic N) is 3. The topological polar surface area (TPSA) is 32.6 Å². The minimum atomic E-state index is 0.210. The lowest BCUT2D eigenvalue weighted by molar-refractivity contribution is 0.458. The molecule has 0 aromatic carbocycles. The second-order valence-corrected chi connectivity index (χ2v) is 6.84. The summed E-state index contributed by atoms with van der Waals surface area (Å²) in [6, 6.07) is 4.20. The third-order valence-corrected chi connectivity index (χ3v) is 4.50. The Hall–Kier alpha value is -1.10. The Kier molecular flexibility index (Phi) is 5.79. The zero-order valence-electron chi connectivity index (χ0n) is 12.9. The second kappa shape index (κ2) is 6.89. The van der Waals surface area contributed by atoms with Gasteiger partial charge in [-0.2, -0.15) is 11.8 Å². The number of guanidine groups is 1. The molecular weight excluding hydrogens is 256 g/mol. The SMILES string of the molecule is CN=C(NCC(C)(C)SC)N(C)Cc1cccn1C. The van der Waals surface area contributed by atoms with E-state index in [9.17, 15) is 0 Å². The highest BCUT2D eigenvalue weighted by molar-refractivity contribution is 7.99. The van der Waals surface area contributed by atoms with E-state index < -0.39 is 0 Å². The van der Waals surface area contributed by atoms with Gasteiger partial charge in [0.1, 0.15) is 0 Å². The van der Waals surface area contributed by atoms with E-state index in [0.717, 1.165) is 19.0 Å². The fourth-order valence-electron chi connectivity index (χ4n) is 1.73. The smallest absolute Gasteiger partial charge is 0.193 e. The van der Waals surface area contributed by atoms with E-state index >= 15 is 0 Å². The molecule has 0 aliphatic carbocycles. The van der Waals surface area contributed by atoms with Crippen molar-refractivity contribution in [3.05, 3.63) is 24.0 Å². The quantitative estimate of drug-likeness (QED) is 0.663. The van der Waals surface area contributed by atoms with Crippen LogP contribution in [0.2, 0.25) is 0 Å². The molecule has 108 valence electrons. The Morgan fingerprint density at radius 1 is 1.53 bits per heavy atom. The molecule has 0 bridgehead atoms. The highest BCUT2D eigenvalue weighted by atomic mass is 32.2. The largest absolute Gasteiger partial charge is 0.355 e. The highest BCUT2D eigenvalue weighted by Gasteiger charge is 2.17. The van der Waals surface area contributed by atoms with E-state index in [1.807, 2.05) is 18.8 Å². The first-order valence-corrected chi connectivity index (χ1v) is 7.69. The molecule has 0 aliphatic heterocycles. The first kappa shape index (κ1) is 16.0. The molecule has 0 amide bonds. The first-order valence-electron chi connectivity index (χ1n) is 6.47. The Balaban J connectivity index is 2.58. The summed E-state index contributed by atoms with van der Waals surface area (Å²) in [5.74, 6) is 0.934. The van der Waals surface area contributed by atoms with Crippen molar-refractivity contribution in [3.63, 3.8) is 0 Å². The molecule has 0 saturated carbocycles. The Morgan fingerprint density at radius 2 is 2.21 bits per heavy atom. The van der Waals surface area contributed by atoms with E-state index in [2.05, 4.69) is 72.3 Å². The number of hydrogen-bond donors (Lipinski definition) is 1. The summed E-state index contributed by atoms with van der Waals surface area (Å²) < 4.78 is 2.34. The Labute approximate surface area is 121 Å². The van der Waals surface area contributed by atoms with Crippen molar-refractivity contribution in [1.29, 1.82) is 0 Å². The minimum absolute atomic E-state index is 0.210. The summed E-state index contributed by atoms with van der Waals surface area (Å²) in [5, 5.41) is 3.44. The lowest BCUT2D eigenvalue weighted by Gasteiger charge is -2.27. The maximum atomic E-state index is 4.35. The van der Waals surface area contributed by atoms with Crippen LogP contribution >= 0.6 is 11.8 Å². The monoisotopic (exact) mass is 282 g/mol. The van der Waals surface area contributed by atoms with Crippen molar-refractivity contribution in [3.8, 4) is 0 Å². The van der Waals surface area contributed by atoms with Crippen LogP contribution in [0.1, 0.15) is 19.5 Å². The molecule has 1 heterocycles. The van der Waals surface area contributed by atoms with Gasteiger partial charge in [0, 0.05) is 44.3 Å². The molecule has 1 N–H and O–H groups in total. The maximum absolute atomic E-state index is 4.35. The van der Waals surface area contributed by atoms with E-state index in [-0.39, 0.29) is 4.75 Å². The van der Waals surface area contributed by atoms with Gasteiger partial charge < -0.3 is 14.8 Å². The van der Waals surface area contributed by atoms with Crippen molar-refractivity contribution in [1.82, 2.24) is 14.8 Å². The molecule has 0 aliphatic rings. The molecule has 0 saturated heterocycles. The summed E-state index contributed by atoms with van der Waals surface area (Å²) >= 11 is 1.86. The number of aromatic nitrogens is 1. The molecule has 0 radical (unpaired) electrons. The molecule has 1 aromatic rings. The third kappa shape index (κ3) is 4.82. The van der Waals surface area contributed by atoms with Crippen LogP contribution in [-0.4, -0.2) is 47.1 Å². The average Bonchev–Trinajstić information content (AvgIpc) is 2.76. The van der Waals surface area contributed by atoms with Gasteiger partial charge in [-0.15, -0.1) is 0 Å². The molecule has 4 nitrogen and oxygen atoms in total. The fourth-order valence-corrected chi connectivity index (χ4v) is 1.94. The van der Waals surface area contributed by atoms with E-state index in [1.165, 1.54) is 5.69 Å². The predicted octanol–water partition coefficient (Wildman–Crippen LogP) is 2.17. The van der Waals surface area contributed by atoms with Crippen molar-refractivity contribution in [2.45, 2.75) is 25.1 Å². The van der Waals surface area contributed by atoms with Crippen molar-refractivity contribution in [2.24, 2.45) is 12.0 Å². The molecular formula is C14H26N4S. The number of hydrogen-bond acceptors (Lipinski definition) is 2. The van der Waals surface area contributed by atoms with E-state index in [1.54, 1.807) is 0 Å². The van der Waals surface area contributed by atoms with Crippen LogP contribution in [0.3, 0.4) is 0 Å². The van der Waals surface area contributed by atoms with Gasteiger partial charge in [0.15, 0.2) is 5.96 Å².